The molecule has 0 aromatic heterocycles. The summed E-state index contributed by atoms with van der Waals surface area (Å²) in [6.45, 7) is 6.82. The first-order valence-electron chi connectivity index (χ1n) is 5.77. The van der Waals surface area contributed by atoms with Crippen LogP contribution in [0.1, 0.15) is 45.1 Å². The van der Waals surface area contributed by atoms with Gasteiger partial charge >= 0.3 is 0 Å². The molecule has 1 rings (SSSR count). The monoisotopic (exact) mass is 206 g/mol. The summed E-state index contributed by atoms with van der Waals surface area (Å²) in [6.07, 6.45) is 2.07. The van der Waals surface area contributed by atoms with Crippen molar-refractivity contribution in [3.05, 3.63) is 35.9 Å². The first kappa shape index (κ1) is 12.3. The van der Waals surface area contributed by atoms with Crippen LogP contribution in [-0.4, -0.2) is 11.7 Å². The highest BCUT2D eigenvalue weighted by molar-refractivity contribution is 5.19. The first-order valence-corrected chi connectivity index (χ1v) is 5.77. The van der Waals surface area contributed by atoms with Gasteiger partial charge in [-0.2, -0.15) is 0 Å². The Morgan fingerprint density at radius 2 is 1.87 bits per heavy atom. The van der Waals surface area contributed by atoms with Crippen molar-refractivity contribution in [2.24, 2.45) is 5.41 Å². The molecule has 1 N–H and O–H groups in total. The second-order valence-electron chi connectivity index (χ2n) is 4.84. The van der Waals surface area contributed by atoms with Crippen LogP contribution in [0.4, 0.5) is 0 Å². The van der Waals surface area contributed by atoms with Gasteiger partial charge in [-0.05, 0) is 29.7 Å². The quantitative estimate of drug-likeness (QED) is 0.780. The van der Waals surface area contributed by atoms with Crippen LogP contribution in [0.15, 0.2) is 30.3 Å². The van der Waals surface area contributed by atoms with Gasteiger partial charge in [0.1, 0.15) is 0 Å². The fourth-order valence-corrected chi connectivity index (χ4v) is 1.96. The van der Waals surface area contributed by atoms with Gasteiger partial charge in [-0.25, -0.2) is 0 Å². The molecule has 0 radical (unpaired) electrons. The molecule has 0 saturated heterocycles. The Labute approximate surface area is 93.1 Å². The third-order valence-electron chi connectivity index (χ3n) is 3.40. The van der Waals surface area contributed by atoms with E-state index in [1.165, 1.54) is 5.56 Å². The van der Waals surface area contributed by atoms with Crippen LogP contribution in [0.2, 0.25) is 0 Å². The number of benzene rings is 1. The minimum atomic E-state index is 0.0647. The largest absolute Gasteiger partial charge is 0.396 e. The Hall–Kier alpha value is -0.820. The Bertz CT molecular complexity index is 275. The average molecular weight is 206 g/mol. The van der Waals surface area contributed by atoms with Crippen LogP contribution < -0.4 is 0 Å². The maximum absolute atomic E-state index is 9.38. The zero-order valence-electron chi connectivity index (χ0n) is 10.0. The van der Waals surface area contributed by atoms with Crippen LogP contribution in [-0.2, 0) is 0 Å². The summed E-state index contributed by atoms with van der Waals surface area (Å²) in [7, 11) is 0. The SMILES string of the molecule is CCC(C)(CO)CC(C)c1ccccc1. The number of rotatable bonds is 5. The van der Waals surface area contributed by atoms with Crippen molar-refractivity contribution in [2.75, 3.05) is 6.61 Å². The highest BCUT2D eigenvalue weighted by atomic mass is 16.3. The van der Waals surface area contributed by atoms with Crippen LogP contribution >= 0.6 is 0 Å². The van der Waals surface area contributed by atoms with E-state index < -0.39 is 0 Å². The molecule has 0 saturated carbocycles. The van der Waals surface area contributed by atoms with Gasteiger partial charge < -0.3 is 5.11 Å². The molecular weight excluding hydrogens is 184 g/mol. The third kappa shape index (κ3) is 3.35. The first-order chi connectivity index (χ1) is 7.11. The van der Waals surface area contributed by atoms with Gasteiger partial charge in [-0.15, -0.1) is 0 Å². The van der Waals surface area contributed by atoms with Gasteiger partial charge in [0, 0.05) is 6.61 Å². The van der Waals surface area contributed by atoms with Crippen molar-refractivity contribution in [1.29, 1.82) is 0 Å². The van der Waals surface area contributed by atoms with Gasteiger partial charge in [0.15, 0.2) is 0 Å². The van der Waals surface area contributed by atoms with Crippen molar-refractivity contribution in [2.45, 2.75) is 39.5 Å². The highest BCUT2D eigenvalue weighted by Gasteiger charge is 2.24. The molecule has 0 aliphatic rings. The van der Waals surface area contributed by atoms with Crippen LogP contribution in [0.5, 0.6) is 0 Å². The Morgan fingerprint density at radius 3 is 2.33 bits per heavy atom. The van der Waals surface area contributed by atoms with Gasteiger partial charge in [-0.3, -0.25) is 0 Å². The molecule has 0 amide bonds. The fraction of sp³-hybridized carbons (Fsp3) is 0.571. The van der Waals surface area contributed by atoms with E-state index in [9.17, 15) is 5.11 Å². The van der Waals surface area contributed by atoms with E-state index in [2.05, 4.69) is 45.0 Å². The number of aliphatic hydroxyl groups is 1. The topological polar surface area (TPSA) is 20.2 Å². The summed E-state index contributed by atoms with van der Waals surface area (Å²) in [5.74, 6) is 0.517. The maximum atomic E-state index is 9.38. The molecular formula is C14H22O. The molecule has 0 bridgehead atoms. The standard InChI is InChI=1S/C14H22O/c1-4-14(3,11-15)10-12(2)13-8-6-5-7-9-13/h5-9,12,15H,4,10-11H2,1-3H3. The van der Waals surface area contributed by atoms with Gasteiger partial charge in [-0.1, -0.05) is 51.1 Å². The van der Waals surface area contributed by atoms with E-state index >= 15 is 0 Å². The molecule has 0 spiro atoms. The minimum absolute atomic E-state index is 0.0647. The maximum Gasteiger partial charge on any atom is 0.0484 e. The molecule has 1 nitrogen and oxygen atoms in total. The van der Waals surface area contributed by atoms with E-state index in [4.69, 9.17) is 0 Å². The van der Waals surface area contributed by atoms with E-state index in [-0.39, 0.29) is 12.0 Å². The van der Waals surface area contributed by atoms with Crippen LogP contribution in [0, 0.1) is 5.41 Å². The summed E-state index contributed by atoms with van der Waals surface area (Å²) in [6, 6.07) is 10.5. The molecule has 1 aromatic rings. The molecule has 0 fully saturated rings. The molecule has 0 aliphatic heterocycles. The molecule has 0 heterocycles. The average Bonchev–Trinajstić information content (AvgIpc) is 2.30. The second kappa shape index (κ2) is 5.32. The molecule has 2 unspecified atom stereocenters. The van der Waals surface area contributed by atoms with Crippen molar-refractivity contribution >= 4 is 0 Å². The molecule has 0 aliphatic carbocycles. The smallest absolute Gasteiger partial charge is 0.0484 e. The van der Waals surface area contributed by atoms with E-state index in [0.29, 0.717) is 5.92 Å². The van der Waals surface area contributed by atoms with Crippen LogP contribution in [0.25, 0.3) is 0 Å². The van der Waals surface area contributed by atoms with E-state index in [0.717, 1.165) is 12.8 Å². The molecule has 84 valence electrons. The van der Waals surface area contributed by atoms with E-state index in [1.807, 2.05) is 6.07 Å². The predicted octanol–water partition coefficient (Wildman–Crippen LogP) is 3.59. The fourth-order valence-electron chi connectivity index (χ4n) is 1.96. The van der Waals surface area contributed by atoms with Crippen molar-refractivity contribution in [3.8, 4) is 0 Å². The summed E-state index contributed by atoms with van der Waals surface area (Å²) >= 11 is 0. The number of hydrogen-bond acceptors (Lipinski definition) is 1. The van der Waals surface area contributed by atoms with E-state index in [1.54, 1.807) is 0 Å². The Kier molecular flexibility index (Phi) is 4.34. The predicted molar refractivity (Wildman–Crippen MR) is 65.0 cm³/mol. The Balaban J connectivity index is 2.67. The molecule has 1 heteroatoms. The van der Waals surface area contributed by atoms with Crippen LogP contribution in [0.3, 0.4) is 0 Å². The van der Waals surface area contributed by atoms with Gasteiger partial charge in [0.2, 0.25) is 0 Å². The normalized spacial score (nSPS) is 17.1. The van der Waals surface area contributed by atoms with Gasteiger partial charge in [0.05, 0.1) is 0 Å². The summed E-state index contributed by atoms with van der Waals surface area (Å²) < 4.78 is 0. The van der Waals surface area contributed by atoms with Crippen molar-refractivity contribution in [3.63, 3.8) is 0 Å². The summed E-state index contributed by atoms with van der Waals surface area (Å²) in [5, 5.41) is 9.38. The second-order valence-corrected chi connectivity index (χ2v) is 4.84. The summed E-state index contributed by atoms with van der Waals surface area (Å²) in [5.41, 5.74) is 1.43. The number of hydrogen-bond donors (Lipinski definition) is 1. The highest BCUT2D eigenvalue weighted by Crippen LogP contribution is 2.33. The third-order valence-corrected chi connectivity index (χ3v) is 3.40. The zero-order chi connectivity index (χ0) is 11.3. The Morgan fingerprint density at radius 1 is 1.27 bits per heavy atom. The van der Waals surface area contributed by atoms with Crippen molar-refractivity contribution < 1.29 is 5.11 Å². The lowest BCUT2D eigenvalue weighted by Gasteiger charge is -2.29. The zero-order valence-corrected chi connectivity index (χ0v) is 10.0. The minimum Gasteiger partial charge on any atom is -0.396 e. The lowest BCUT2D eigenvalue weighted by Crippen LogP contribution is -2.22. The molecule has 15 heavy (non-hydrogen) atoms. The molecule has 2 atom stereocenters. The lowest BCUT2D eigenvalue weighted by molar-refractivity contribution is 0.121. The molecule has 1 aromatic carbocycles. The summed E-state index contributed by atoms with van der Waals surface area (Å²) in [4.78, 5) is 0. The van der Waals surface area contributed by atoms with Crippen molar-refractivity contribution in [1.82, 2.24) is 0 Å². The van der Waals surface area contributed by atoms with Gasteiger partial charge in [0.25, 0.3) is 0 Å². The lowest BCUT2D eigenvalue weighted by atomic mass is 9.78. The number of aliphatic hydroxyl groups excluding tert-OH is 1.